The van der Waals surface area contributed by atoms with Gasteiger partial charge in [0, 0.05) is 0 Å². The molecular formula is C10H23NS. The first-order valence-electron chi connectivity index (χ1n) is 4.96. The molecule has 0 aliphatic rings. The molecule has 12 heavy (non-hydrogen) atoms. The molecule has 0 unspecified atom stereocenters. The van der Waals surface area contributed by atoms with Gasteiger partial charge in [0.1, 0.15) is 0 Å². The molecule has 0 aromatic carbocycles. The number of hydrogen-bond donors (Lipinski definition) is 1. The molecule has 0 bridgehead atoms. The lowest BCUT2D eigenvalue weighted by Crippen LogP contribution is -2.22. The molecule has 0 aliphatic carbocycles. The summed E-state index contributed by atoms with van der Waals surface area (Å²) in [6.07, 6.45) is 3.85. The molecule has 1 nitrogen and oxygen atoms in total. The number of nitrogens with zero attached hydrogens (tertiary/aromatic N) is 1. The van der Waals surface area contributed by atoms with Gasteiger partial charge >= 0.3 is 0 Å². The van der Waals surface area contributed by atoms with E-state index in [9.17, 15) is 0 Å². The van der Waals surface area contributed by atoms with Crippen molar-refractivity contribution in [1.29, 1.82) is 0 Å². The van der Waals surface area contributed by atoms with Gasteiger partial charge in [0.15, 0.2) is 0 Å². The molecule has 0 aliphatic heterocycles. The fraction of sp³-hybridized carbons (Fsp3) is 1.00. The maximum Gasteiger partial charge on any atom is -0.00194 e. The fourth-order valence-electron chi connectivity index (χ4n) is 1.08. The topological polar surface area (TPSA) is 3.24 Å². The van der Waals surface area contributed by atoms with Crippen molar-refractivity contribution in [2.75, 3.05) is 25.9 Å². The molecule has 0 rings (SSSR count). The Morgan fingerprint density at radius 1 is 1.17 bits per heavy atom. The van der Waals surface area contributed by atoms with Crippen LogP contribution in [0.4, 0.5) is 0 Å². The van der Waals surface area contributed by atoms with E-state index in [0.717, 1.165) is 11.7 Å². The highest BCUT2D eigenvalue weighted by Crippen LogP contribution is 2.01. The standard InChI is InChI=1S/C10H23NS/c1-10(2)6-8-11(3)7-4-5-9-12/h10,12H,4-9H2,1-3H3. The summed E-state index contributed by atoms with van der Waals surface area (Å²) in [5.41, 5.74) is 0. The lowest BCUT2D eigenvalue weighted by atomic mass is 10.1. The number of rotatable bonds is 7. The van der Waals surface area contributed by atoms with Crippen molar-refractivity contribution in [1.82, 2.24) is 4.90 Å². The third-order valence-corrected chi connectivity index (χ3v) is 2.35. The Labute approximate surface area is 82.9 Å². The molecule has 0 amide bonds. The third-order valence-electron chi connectivity index (χ3n) is 2.04. The van der Waals surface area contributed by atoms with Gasteiger partial charge in [-0.15, -0.1) is 0 Å². The molecule has 0 saturated heterocycles. The van der Waals surface area contributed by atoms with E-state index in [1.54, 1.807) is 0 Å². The summed E-state index contributed by atoms with van der Waals surface area (Å²) in [6.45, 7) is 7.03. The largest absolute Gasteiger partial charge is 0.306 e. The smallest absolute Gasteiger partial charge is 0.00194 e. The van der Waals surface area contributed by atoms with E-state index in [4.69, 9.17) is 0 Å². The van der Waals surface area contributed by atoms with Gasteiger partial charge in [0.05, 0.1) is 0 Å². The lowest BCUT2D eigenvalue weighted by molar-refractivity contribution is 0.306. The van der Waals surface area contributed by atoms with Crippen molar-refractivity contribution < 1.29 is 0 Å². The van der Waals surface area contributed by atoms with Gasteiger partial charge in [-0.3, -0.25) is 0 Å². The Morgan fingerprint density at radius 2 is 1.83 bits per heavy atom. The molecule has 0 fully saturated rings. The van der Waals surface area contributed by atoms with Crippen LogP contribution in [0.15, 0.2) is 0 Å². The second-order valence-corrected chi connectivity index (χ2v) is 4.36. The Bertz CT molecular complexity index is 93.8. The van der Waals surface area contributed by atoms with Crippen LogP contribution in [0.5, 0.6) is 0 Å². The van der Waals surface area contributed by atoms with Crippen LogP contribution in [0.25, 0.3) is 0 Å². The number of thiol groups is 1. The average molecular weight is 189 g/mol. The van der Waals surface area contributed by atoms with Gasteiger partial charge in [-0.2, -0.15) is 12.6 Å². The molecule has 0 aromatic heterocycles. The summed E-state index contributed by atoms with van der Waals surface area (Å²) < 4.78 is 0. The van der Waals surface area contributed by atoms with E-state index in [1.807, 2.05) is 0 Å². The minimum atomic E-state index is 0.831. The van der Waals surface area contributed by atoms with Crippen molar-refractivity contribution in [3.8, 4) is 0 Å². The molecule has 0 radical (unpaired) electrons. The van der Waals surface area contributed by atoms with Gasteiger partial charge < -0.3 is 4.90 Å². The van der Waals surface area contributed by atoms with Gasteiger partial charge in [0.25, 0.3) is 0 Å². The van der Waals surface area contributed by atoms with Crippen LogP contribution >= 0.6 is 12.6 Å². The fourth-order valence-corrected chi connectivity index (χ4v) is 1.31. The van der Waals surface area contributed by atoms with E-state index < -0.39 is 0 Å². The Balaban J connectivity index is 3.15. The van der Waals surface area contributed by atoms with Crippen LogP contribution in [0.2, 0.25) is 0 Å². The highest BCUT2D eigenvalue weighted by Gasteiger charge is 1.99. The van der Waals surface area contributed by atoms with E-state index in [-0.39, 0.29) is 0 Å². The maximum atomic E-state index is 4.19. The summed E-state index contributed by atoms with van der Waals surface area (Å²) in [5.74, 6) is 1.86. The zero-order valence-corrected chi connectivity index (χ0v) is 9.61. The minimum absolute atomic E-state index is 0.831. The second-order valence-electron chi connectivity index (χ2n) is 3.92. The van der Waals surface area contributed by atoms with Crippen LogP contribution in [0, 0.1) is 5.92 Å². The molecule has 0 spiro atoms. The average Bonchev–Trinajstić information content (AvgIpc) is 2.01. The van der Waals surface area contributed by atoms with Crippen LogP contribution in [-0.2, 0) is 0 Å². The van der Waals surface area contributed by atoms with E-state index in [0.29, 0.717) is 0 Å². The Morgan fingerprint density at radius 3 is 2.33 bits per heavy atom. The first-order valence-corrected chi connectivity index (χ1v) is 5.59. The monoisotopic (exact) mass is 189 g/mol. The predicted octanol–water partition coefficient (Wildman–Crippen LogP) is 2.67. The summed E-state index contributed by atoms with van der Waals surface area (Å²) in [5, 5.41) is 0. The number of hydrogen-bond acceptors (Lipinski definition) is 2. The summed E-state index contributed by atoms with van der Waals surface area (Å²) in [7, 11) is 2.21. The first-order chi connectivity index (χ1) is 5.66. The van der Waals surface area contributed by atoms with Crippen molar-refractivity contribution in [2.24, 2.45) is 5.92 Å². The Hall–Kier alpha value is 0.310. The quantitative estimate of drug-likeness (QED) is 0.476. The molecule has 74 valence electrons. The maximum absolute atomic E-state index is 4.19. The predicted molar refractivity (Wildman–Crippen MR) is 60.0 cm³/mol. The first kappa shape index (κ1) is 12.3. The molecule has 2 heteroatoms. The van der Waals surface area contributed by atoms with Gasteiger partial charge in [0.2, 0.25) is 0 Å². The molecule has 0 N–H and O–H groups in total. The normalized spacial score (nSPS) is 11.5. The van der Waals surface area contributed by atoms with E-state index >= 15 is 0 Å². The SMILES string of the molecule is CC(C)CCN(C)CCCCS. The molecule has 0 saturated carbocycles. The third kappa shape index (κ3) is 8.41. The summed E-state index contributed by atoms with van der Waals surface area (Å²) in [4.78, 5) is 2.42. The molecule has 0 atom stereocenters. The highest BCUT2D eigenvalue weighted by atomic mass is 32.1. The highest BCUT2D eigenvalue weighted by molar-refractivity contribution is 7.80. The minimum Gasteiger partial charge on any atom is -0.306 e. The molecule has 0 heterocycles. The van der Waals surface area contributed by atoms with Crippen LogP contribution < -0.4 is 0 Å². The van der Waals surface area contributed by atoms with Gasteiger partial charge in [-0.05, 0) is 51.1 Å². The molecular weight excluding hydrogens is 166 g/mol. The van der Waals surface area contributed by atoms with Gasteiger partial charge in [-0.25, -0.2) is 0 Å². The van der Waals surface area contributed by atoms with E-state index in [1.165, 1.54) is 32.4 Å². The lowest BCUT2D eigenvalue weighted by Gasteiger charge is -2.17. The van der Waals surface area contributed by atoms with Gasteiger partial charge in [-0.1, -0.05) is 13.8 Å². The van der Waals surface area contributed by atoms with Crippen LogP contribution in [0.1, 0.15) is 33.1 Å². The van der Waals surface area contributed by atoms with Crippen LogP contribution in [0.3, 0.4) is 0 Å². The van der Waals surface area contributed by atoms with Crippen molar-refractivity contribution in [2.45, 2.75) is 33.1 Å². The zero-order chi connectivity index (χ0) is 9.40. The van der Waals surface area contributed by atoms with Crippen molar-refractivity contribution in [3.63, 3.8) is 0 Å². The summed E-state index contributed by atoms with van der Waals surface area (Å²) >= 11 is 4.19. The zero-order valence-electron chi connectivity index (χ0n) is 8.71. The van der Waals surface area contributed by atoms with E-state index in [2.05, 4.69) is 38.4 Å². The molecule has 0 aromatic rings. The second kappa shape index (κ2) is 7.93. The van der Waals surface area contributed by atoms with Crippen molar-refractivity contribution in [3.05, 3.63) is 0 Å². The summed E-state index contributed by atoms with van der Waals surface area (Å²) in [6, 6.07) is 0. The Kier molecular flexibility index (Phi) is 8.14. The van der Waals surface area contributed by atoms with Crippen molar-refractivity contribution >= 4 is 12.6 Å². The number of unbranched alkanes of at least 4 members (excludes halogenated alkanes) is 1. The van der Waals surface area contributed by atoms with Crippen LogP contribution in [-0.4, -0.2) is 30.8 Å².